The summed E-state index contributed by atoms with van der Waals surface area (Å²) >= 11 is 9.44. The van der Waals surface area contributed by atoms with Crippen LogP contribution in [0.4, 0.5) is 10.5 Å². The van der Waals surface area contributed by atoms with Crippen LogP contribution >= 0.6 is 27.5 Å². The van der Waals surface area contributed by atoms with E-state index in [0.29, 0.717) is 11.4 Å². The lowest BCUT2D eigenvalue weighted by molar-refractivity contribution is 0.234. The first-order valence-corrected chi connectivity index (χ1v) is 7.83. The Bertz CT molecular complexity index is 651. The molecule has 0 saturated heterocycles. The SMILES string of the molecule is Cc1cc(OCNC(=O)Nc2ccc(Br)cc2)cc(C)c1Cl. The molecule has 22 heavy (non-hydrogen) atoms. The van der Waals surface area contributed by atoms with Crippen molar-refractivity contribution in [3.8, 4) is 5.75 Å². The molecule has 116 valence electrons. The van der Waals surface area contributed by atoms with E-state index in [0.717, 1.165) is 20.6 Å². The Morgan fingerprint density at radius 1 is 1.18 bits per heavy atom. The van der Waals surface area contributed by atoms with E-state index < -0.39 is 0 Å². The van der Waals surface area contributed by atoms with Crippen LogP contribution in [0.25, 0.3) is 0 Å². The van der Waals surface area contributed by atoms with E-state index in [1.807, 2.05) is 38.1 Å². The van der Waals surface area contributed by atoms with Crippen molar-refractivity contribution in [3.63, 3.8) is 0 Å². The van der Waals surface area contributed by atoms with Crippen LogP contribution in [0, 0.1) is 13.8 Å². The Morgan fingerprint density at radius 2 is 1.77 bits per heavy atom. The number of amides is 2. The van der Waals surface area contributed by atoms with Gasteiger partial charge in [-0.2, -0.15) is 0 Å². The molecule has 0 aliphatic heterocycles. The highest BCUT2D eigenvalue weighted by Gasteiger charge is 2.05. The molecular formula is C16H16BrClN2O2. The van der Waals surface area contributed by atoms with E-state index in [1.165, 1.54) is 0 Å². The lowest BCUT2D eigenvalue weighted by Gasteiger charge is -2.11. The molecule has 0 unspecified atom stereocenters. The van der Waals surface area contributed by atoms with Crippen LogP contribution in [0.15, 0.2) is 40.9 Å². The van der Waals surface area contributed by atoms with Crippen molar-refractivity contribution in [2.45, 2.75) is 13.8 Å². The maximum atomic E-state index is 11.7. The number of benzene rings is 2. The van der Waals surface area contributed by atoms with Gasteiger partial charge in [-0.3, -0.25) is 0 Å². The summed E-state index contributed by atoms with van der Waals surface area (Å²) < 4.78 is 6.47. The van der Waals surface area contributed by atoms with Gasteiger partial charge in [-0.25, -0.2) is 4.79 Å². The Balaban J connectivity index is 1.83. The molecule has 2 aromatic rings. The van der Waals surface area contributed by atoms with Gasteiger partial charge in [0.05, 0.1) is 0 Å². The number of urea groups is 1. The lowest BCUT2D eigenvalue weighted by atomic mass is 10.1. The van der Waals surface area contributed by atoms with Gasteiger partial charge in [0.1, 0.15) is 5.75 Å². The van der Waals surface area contributed by atoms with Crippen molar-refractivity contribution >= 4 is 39.2 Å². The smallest absolute Gasteiger partial charge is 0.321 e. The minimum Gasteiger partial charge on any atom is -0.473 e. The zero-order chi connectivity index (χ0) is 16.1. The summed E-state index contributed by atoms with van der Waals surface area (Å²) in [5, 5.41) is 6.08. The molecule has 2 aromatic carbocycles. The van der Waals surface area contributed by atoms with E-state index in [-0.39, 0.29) is 12.8 Å². The maximum absolute atomic E-state index is 11.7. The number of hydrogen-bond donors (Lipinski definition) is 2. The van der Waals surface area contributed by atoms with Gasteiger partial charge in [-0.1, -0.05) is 27.5 Å². The number of halogens is 2. The second kappa shape index (κ2) is 7.51. The van der Waals surface area contributed by atoms with E-state index in [2.05, 4.69) is 26.6 Å². The van der Waals surface area contributed by atoms with Crippen LogP contribution in [0.2, 0.25) is 5.02 Å². The minimum absolute atomic E-state index is 0.0723. The van der Waals surface area contributed by atoms with Gasteiger partial charge in [0, 0.05) is 15.2 Å². The van der Waals surface area contributed by atoms with Gasteiger partial charge in [0.2, 0.25) is 0 Å². The van der Waals surface area contributed by atoms with Crippen LogP contribution in [0.5, 0.6) is 5.75 Å². The van der Waals surface area contributed by atoms with Crippen LogP contribution in [0.3, 0.4) is 0 Å². The molecule has 2 N–H and O–H groups in total. The molecule has 6 heteroatoms. The highest BCUT2D eigenvalue weighted by molar-refractivity contribution is 9.10. The number of ether oxygens (including phenoxy) is 1. The Labute approximate surface area is 142 Å². The second-order valence-corrected chi connectivity index (χ2v) is 6.09. The molecule has 0 atom stereocenters. The summed E-state index contributed by atoms with van der Waals surface area (Å²) in [6.07, 6.45) is 0. The Kier molecular flexibility index (Phi) is 5.69. The summed E-state index contributed by atoms with van der Waals surface area (Å²) in [6.45, 7) is 3.90. The first-order valence-electron chi connectivity index (χ1n) is 6.65. The van der Waals surface area contributed by atoms with E-state index in [1.54, 1.807) is 12.1 Å². The fourth-order valence-corrected chi connectivity index (χ4v) is 2.26. The summed E-state index contributed by atoms with van der Waals surface area (Å²) in [6, 6.07) is 10.7. The zero-order valence-corrected chi connectivity index (χ0v) is 14.6. The first kappa shape index (κ1) is 16.6. The van der Waals surface area contributed by atoms with Crippen molar-refractivity contribution in [2.75, 3.05) is 12.0 Å². The van der Waals surface area contributed by atoms with Crippen LogP contribution in [-0.2, 0) is 0 Å². The van der Waals surface area contributed by atoms with Gasteiger partial charge in [-0.05, 0) is 61.4 Å². The fraction of sp³-hybridized carbons (Fsp3) is 0.188. The topological polar surface area (TPSA) is 50.4 Å². The van der Waals surface area contributed by atoms with Gasteiger partial charge < -0.3 is 15.4 Å². The van der Waals surface area contributed by atoms with Gasteiger partial charge >= 0.3 is 6.03 Å². The molecule has 0 aliphatic rings. The molecule has 2 rings (SSSR count). The standard InChI is InChI=1S/C16H16BrClN2O2/c1-10-7-14(8-11(2)15(10)18)22-9-19-16(21)20-13-5-3-12(17)4-6-13/h3-8H,9H2,1-2H3,(H2,19,20,21). The normalized spacial score (nSPS) is 10.2. The van der Waals surface area contributed by atoms with Crippen molar-refractivity contribution in [3.05, 3.63) is 57.0 Å². The third-order valence-electron chi connectivity index (χ3n) is 2.98. The number of anilines is 1. The Hall–Kier alpha value is -1.72. The fourth-order valence-electron chi connectivity index (χ4n) is 1.88. The molecule has 0 saturated carbocycles. The number of carbonyl (C=O) groups excluding carboxylic acids is 1. The summed E-state index contributed by atoms with van der Waals surface area (Å²) in [4.78, 5) is 11.7. The van der Waals surface area contributed by atoms with Crippen LogP contribution in [-0.4, -0.2) is 12.8 Å². The number of rotatable bonds is 4. The molecule has 0 heterocycles. The first-order chi connectivity index (χ1) is 10.5. The largest absolute Gasteiger partial charge is 0.473 e. The second-order valence-electron chi connectivity index (χ2n) is 4.80. The molecule has 4 nitrogen and oxygen atoms in total. The quantitative estimate of drug-likeness (QED) is 0.739. The summed E-state index contributed by atoms with van der Waals surface area (Å²) in [5.74, 6) is 0.670. The van der Waals surface area contributed by atoms with E-state index in [9.17, 15) is 4.79 Å². The van der Waals surface area contributed by atoms with Gasteiger partial charge in [-0.15, -0.1) is 0 Å². The van der Waals surface area contributed by atoms with Gasteiger partial charge in [0.15, 0.2) is 6.73 Å². The van der Waals surface area contributed by atoms with Crippen molar-refractivity contribution < 1.29 is 9.53 Å². The number of hydrogen-bond acceptors (Lipinski definition) is 2. The average Bonchev–Trinajstić information content (AvgIpc) is 2.47. The van der Waals surface area contributed by atoms with Crippen molar-refractivity contribution in [1.82, 2.24) is 5.32 Å². The molecule has 0 bridgehead atoms. The maximum Gasteiger partial charge on any atom is 0.321 e. The minimum atomic E-state index is -0.329. The molecule has 2 amide bonds. The third-order valence-corrected chi connectivity index (χ3v) is 4.11. The average molecular weight is 384 g/mol. The highest BCUT2D eigenvalue weighted by Crippen LogP contribution is 2.25. The zero-order valence-electron chi connectivity index (χ0n) is 12.2. The molecule has 0 fully saturated rings. The molecule has 0 aliphatic carbocycles. The molecular weight excluding hydrogens is 368 g/mol. The highest BCUT2D eigenvalue weighted by atomic mass is 79.9. The third kappa shape index (κ3) is 4.64. The Morgan fingerprint density at radius 3 is 2.36 bits per heavy atom. The van der Waals surface area contributed by atoms with E-state index >= 15 is 0 Å². The number of aryl methyl sites for hydroxylation is 2. The molecule has 0 spiro atoms. The predicted molar refractivity (Wildman–Crippen MR) is 92.7 cm³/mol. The monoisotopic (exact) mass is 382 g/mol. The number of nitrogens with one attached hydrogen (secondary N) is 2. The van der Waals surface area contributed by atoms with E-state index in [4.69, 9.17) is 16.3 Å². The predicted octanol–water partition coefficient (Wildman–Crippen LogP) is 4.88. The van der Waals surface area contributed by atoms with Crippen LogP contribution in [0.1, 0.15) is 11.1 Å². The van der Waals surface area contributed by atoms with Gasteiger partial charge in [0.25, 0.3) is 0 Å². The summed E-state index contributed by atoms with van der Waals surface area (Å²) in [5.41, 5.74) is 2.59. The summed E-state index contributed by atoms with van der Waals surface area (Å²) in [7, 11) is 0. The molecule has 0 aromatic heterocycles. The van der Waals surface area contributed by atoms with Crippen molar-refractivity contribution in [1.29, 1.82) is 0 Å². The van der Waals surface area contributed by atoms with Crippen LogP contribution < -0.4 is 15.4 Å². The van der Waals surface area contributed by atoms with Crippen molar-refractivity contribution in [2.24, 2.45) is 0 Å². The lowest BCUT2D eigenvalue weighted by Crippen LogP contribution is -2.32. The molecule has 0 radical (unpaired) electrons. The number of carbonyl (C=O) groups is 1.